The first-order valence-electron chi connectivity index (χ1n) is 6.94. The minimum atomic E-state index is -0.492. The molecule has 0 unspecified atom stereocenters. The molecule has 0 spiro atoms. The highest BCUT2D eigenvalue weighted by atomic mass is 79.9. The lowest BCUT2D eigenvalue weighted by Gasteiger charge is -2.07. The summed E-state index contributed by atoms with van der Waals surface area (Å²) in [6, 6.07) is 3.59. The zero-order chi connectivity index (χ0) is 17.0. The summed E-state index contributed by atoms with van der Waals surface area (Å²) in [6.45, 7) is 4.33. The Morgan fingerprint density at radius 2 is 2.04 bits per heavy atom. The maximum Gasteiger partial charge on any atom is 0.341 e. The number of rotatable bonds is 6. The second-order valence-electron chi connectivity index (χ2n) is 4.39. The topological polar surface area (TPSA) is 64.6 Å². The summed E-state index contributed by atoms with van der Waals surface area (Å²) in [6.07, 6.45) is 0. The van der Waals surface area contributed by atoms with E-state index in [-0.39, 0.29) is 18.4 Å². The number of halogens is 2. The van der Waals surface area contributed by atoms with Crippen molar-refractivity contribution in [3.63, 3.8) is 0 Å². The molecular formula is C15H15BrClNO4S. The van der Waals surface area contributed by atoms with Crippen molar-refractivity contribution >= 4 is 65.8 Å². The Morgan fingerprint density at radius 3 is 2.65 bits per heavy atom. The Morgan fingerprint density at radius 1 is 1.30 bits per heavy atom. The summed E-state index contributed by atoms with van der Waals surface area (Å²) in [5, 5.41) is 3.73. The Labute approximate surface area is 151 Å². The highest BCUT2D eigenvalue weighted by Gasteiger charge is 2.24. The zero-order valence-electron chi connectivity index (χ0n) is 12.6. The minimum Gasteiger partial charge on any atom is -0.491 e. The summed E-state index contributed by atoms with van der Waals surface area (Å²) in [5.41, 5.74) is 0.318. The first kappa shape index (κ1) is 18.0. The Kier molecular flexibility index (Phi) is 6.26. The summed E-state index contributed by atoms with van der Waals surface area (Å²) < 4.78 is 12.3. The van der Waals surface area contributed by atoms with Crippen LogP contribution in [-0.4, -0.2) is 31.0 Å². The van der Waals surface area contributed by atoms with Crippen LogP contribution >= 0.6 is 38.9 Å². The monoisotopic (exact) mass is 419 g/mol. The number of nitrogens with one attached hydrogen (secondary N) is 1. The van der Waals surface area contributed by atoms with Gasteiger partial charge in [0.1, 0.15) is 16.4 Å². The molecule has 0 saturated carbocycles. The van der Waals surface area contributed by atoms with E-state index >= 15 is 0 Å². The van der Waals surface area contributed by atoms with Crippen LogP contribution in [0, 0.1) is 0 Å². The van der Waals surface area contributed by atoms with E-state index in [1.807, 2.05) is 6.92 Å². The quantitative estimate of drug-likeness (QED) is 0.555. The molecule has 5 nitrogen and oxygen atoms in total. The van der Waals surface area contributed by atoms with Crippen LogP contribution in [0.1, 0.15) is 24.2 Å². The van der Waals surface area contributed by atoms with Gasteiger partial charge in [0.15, 0.2) is 5.75 Å². The zero-order valence-corrected chi connectivity index (χ0v) is 15.7. The van der Waals surface area contributed by atoms with Gasteiger partial charge in [-0.25, -0.2) is 4.79 Å². The number of carbonyl (C=O) groups is 2. The van der Waals surface area contributed by atoms with Crippen molar-refractivity contribution in [1.29, 1.82) is 0 Å². The van der Waals surface area contributed by atoms with Gasteiger partial charge in [-0.1, -0.05) is 6.07 Å². The summed E-state index contributed by atoms with van der Waals surface area (Å²) >= 11 is 10.2. The van der Waals surface area contributed by atoms with Gasteiger partial charge >= 0.3 is 5.97 Å². The molecule has 2 aromatic rings. The average Bonchev–Trinajstić information content (AvgIpc) is 2.88. The first-order chi connectivity index (χ1) is 11.0. The molecule has 124 valence electrons. The molecule has 0 fully saturated rings. The average molecular weight is 421 g/mol. The van der Waals surface area contributed by atoms with Crippen LogP contribution in [0.3, 0.4) is 0 Å². The highest BCUT2D eigenvalue weighted by Crippen LogP contribution is 2.44. The molecule has 0 radical (unpaired) electrons. The third-order valence-electron chi connectivity index (χ3n) is 2.91. The van der Waals surface area contributed by atoms with E-state index in [0.29, 0.717) is 28.3 Å². The van der Waals surface area contributed by atoms with Crippen molar-refractivity contribution in [3.05, 3.63) is 22.2 Å². The number of amides is 1. The van der Waals surface area contributed by atoms with Crippen molar-refractivity contribution in [1.82, 2.24) is 0 Å². The number of benzene rings is 1. The molecular weight excluding hydrogens is 406 g/mol. The fourth-order valence-electron chi connectivity index (χ4n) is 2.05. The van der Waals surface area contributed by atoms with Gasteiger partial charge in [0, 0.05) is 5.39 Å². The third kappa shape index (κ3) is 3.79. The SMILES string of the molecule is CCOC(=O)c1c(NC(=O)CCl)sc2c(OCC)c(Br)ccc12. The van der Waals surface area contributed by atoms with Crippen molar-refractivity contribution < 1.29 is 19.1 Å². The smallest absolute Gasteiger partial charge is 0.341 e. The van der Waals surface area contributed by atoms with Gasteiger partial charge in [-0.05, 0) is 35.8 Å². The van der Waals surface area contributed by atoms with Crippen LogP contribution in [0.4, 0.5) is 5.00 Å². The molecule has 0 aliphatic heterocycles. The van der Waals surface area contributed by atoms with Gasteiger partial charge in [-0.15, -0.1) is 22.9 Å². The minimum absolute atomic E-state index is 0.196. The molecule has 8 heteroatoms. The standard InChI is InChI=1S/C15H15BrClNO4S/c1-3-21-12-9(16)6-5-8-11(15(20)22-4-2)14(23-13(8)12)18-10(19)7-17/h5-6H,3-4,7H2,1-2H3,(H,18,19). The van der Waals surface area contributed by atoms with Crippen LogP contribution in [0.25, 0.3) is 10.1 Å². The number of esters is 1. The lowest BCUT2D eigenvalue weighted by molar-refractivity contribution is -0.113. The van der Waals surface area contributed by atoms with E-state index in [1.165, 1.54) is 11.3 Å². The largest absolute Gasteiger partial charge is 0.491 e. The van der Waals surface area contributed by atoms with Gasteiger partial charge in [-0.2, -0.15) is 0 Å². The molecule has 0 aliphatic carbocycles. The molecule has 2 rings (SSSR count). The van der Waals surface area contributed by atoms with Gasteiger partial charge in [0.25, 0.3) is 0 Å². The second-order valence-corrected chi connectivity index (χ2v) is 6.54. The molecule has 1 aromatic heterocycles. The highest BCUT2D eigenvalue weighted by molar-refractivity contribution is 9.10. The first-order valence-corrected chi connectivity index (χ1v) is 9.08. The fourth-order valence-corrected chi connectivity index (χ4v) is 3.89. The number of alkyl halides is 1. The van der Waals surface area contributed by atoms with Gasteiger partial charge in [-0.3, -0.25) is 4.79 Å². The van der Waals surface area contributed by atoms with Crippen molar-refractivity contribution in [2.45, 2.75) is 13.8 Å². The van der Waals surface area contributed by atoms with E-state index in [9.17, 15) is 9.59 Å². The summed E-state index contributed by atoms with van der Waals surface area (Å²) in [5.74, 6) is -0.445. The summed E-state index contributed by atoms with van der Waals surface area (Å²) in [4.78, 5) is 24.0. The number of fused-ring (bicyclic) bond motifs is 1. The summed E-state index contributed by atoms with van der Waals surface area (Å²) in [7, 11) is 0. The Hall–Kier alpha value is -1.31. The Balaban J connectivity index is 2.66. The van der Waals surface area contributed by atoms with Gasteiger partial charge in [0.05, 0.1) is 22.4 Å². The van der Waals surface area contributed by atoms with Gasteiger partial charge < -0.3 is 14.8 Å². The molecule has 1 aromatic carbocycles. The van der Waals surface area contributed by atoms with Crippen molar-refractivity contribution in [3.8, 4) is 5.75 Å². The third-order valence-corrected chi connectivity index (χ3v) is 4.89. The number of ether oxygens (including phenoxy) is 2. The van der Waals surface area contributed by atoms with Crippen LogP contribution in [-0.2, 0) is 9.53 Å². The van der Waals surface area contributed by atoms with E-state index in [2.05, 4.69) is 21.2 Å². The maximum atomic E-state index is 12.3. The predicted octanol–water partition coefficient (Wildman–Crippen LogP) is 4.42. The molecule has 23 heavy (non-hydrogen) atoms. The number of thiophene rings is 1. The van der Waals surface area contributed by atoms with Crippen LogP contribution in [0.15, 0.2) is 16.6 Å². The van der Waals surface area contributed by atoms with E-state index in [4.69, 9.17) is 21.1 Å². The molecule has 0 bridgehead atoms. The van der Waals surface area contributed by atoms with E-state index < -0.39 is 5.97 Å². The molecule has 1 amide bonds. The molecule has 1 N–H and O–H groups in total. The number of hydrogen-bond acceptors (Lipinski definition) is 5. The molecule has 1 heterocycles. The van der Waals surface area contributed by atoms with Crippen LogP contribution in [0.2, 0.25) is 0 Å². The van der Waals surface area contributed by atoms with Gasteiger partial charge in [0.2, 0.25) is 5.91 Å². The number of hydrogen-bond donors (Lipinski definition) is 1. The normalized spacial score (nSPS) is 10.6. The van der Waals surface area contributed by atoms with Crippen LogP contribution in [0.5, 0.6) is 5.75 Å². The number of carbonyl (C=O) groups excluding carboxylic acids is 2. The number of anilines is 1. The van der Waals surface area contributed by atoms with E-state index in [0.717, 1.165) is 9.17 Å². The van der Waals surface area contributed by atoms with Crippen molar-refractivity contribution in [2.75, 3.05) is 24.4 Å². The molecule has 0 aliphatic rings. The molecule has 0 saturated heterocycles. The van der Waals surface area contributed by atoms with E-state index in [1.54, 1.807) is 19.1 Å². The van der Waals surface area contributed by atoms with Crippen LogP contribution < -0.4 is 10.1 Å². The fraction of sp³-hybridized carbons (Fsp3) is 0.333. The second kappa shape index (κ2) is 7.99. The Bertz CT molecular complexity index is 747. The lowest BCUT2D eigenvalue weighted by atomic mass is 10.1. The molecule has 0 atom stereocenters. The maximum absolute atomic E-state index is 12.3. The lowest BCUT2D eigenvalue weighted by Crippen LogP contribution is -2.15. The predicted molar refractivity (Wildman–Crippen MR) is 96.0 cm³/mol. The van der Waals surface area contributed by atoms with Crippen molar-refractivity contribution in [2.24, 2.45) is 0 Å².